The largest absolute Gasteiger partial charge is 0.462 e. The van der Waals surface area contributed by atoms with Crippen LogP contribution in [0.1, 0.15) is 222 Å². The van der Waals surface area contributed by atoms with Gasteiger partial charge in [0, 0.05) is 11.3 Å². The Hall–Kier alpha value is -0.646. The van der Waals surface area contributed by atoms with E-state index < -0.39 is 21.4 Å². The molecule has 0 aromatic heterocycles. The number of carbonyl (C=O) groups excluding carboxylic acids is 1. The molecule has 1 aromatic carbocycles. The normalized spacial score (nSPS) is 22.5. The van der Waals surface area contributed by atoms with Gasteiger partial charge in [-0.2, -0.15) is 0 Å². The molecule has 2 aliphatic heterocycles. The molecule has 5 nitrogen and oxygen atoms in total. The molecule has 2 heterocycles. The van der Waals surface area contributed by atoms with Crippen molar-refractivity contribution in [3.63, 3.8) is 0 Å². The van der Waals surface area contributed by atoms with E-state index in [0.29, 0.717) is 0 Å². The standard InChI is InChI=1S/C53H98O5SSi2/c1-13-14-15-16-17-18-21-24-27-33-38-48(57-60(9,10)51(3,4)5)46-40-41-47(56-46)49(58-61(11,12)52(6,7)8)39-34-28-25-22-19-20-23-26-29-35-42-53(43-44(2)55-50(53)54)59-45-36-31-30-32-37-45/h30-32,36-37,44,46-49H,13-29,33-35,38-43H2,1-12H3/t44-,46+,47+,48+,49-,53?/m0/s1. The molecule has 3 rings (SSSR count). The van der Waals surface area contributed by atoms with E-state index in [1.807, 2.05) is 13.0 Å². The fourth-order valence-electron chi connectivity index (χ4n) is 8.92. The van der Waals surface area contributed by atoms with Crippen LogP contribution in [0.25, 0.3) is 0 Å². The zero-order valence-electron chi connectivity index (χ0n) is 42.1. The maximum absolute atomic E-state index is 13.0. The fraction of sp³-hybridized carbons (Fsp3) is 0.868. The molecule has 2 aliphatic rings. The number of thioether (sulfide) groups is 1. The molecule has 0 saturated carbocycles. The summed E-state index contributed by atoms with van der Waals surface area (Å²) >= 11 is 1.72. The summed E-state index contributed by atoms with van der Waals surface area (Å²) in [5, 5.41) is 0.365. The second kappa shape index (κ2) is 27.1. The first-order valence-electron chi connectivity index (χ1n) is 25.8. The molecule has 354 valence electrons. The van der Waals surface area contributed by atoms with E-state index in [1.54, 1.807) is 11.8 Å². The van der Waals surface area contributed by atoms with Gasteiger partial charge in [-0.05, 0) is 87.4 Å². The quantitative estimate of drug-likeness (QED) is 0.0408. The molecular formula is C53H98O5SSi2. The van der Waals surface area contributed by atoms with Crippen molar-refractivity contribution in [3.8, 4) is 0 Å². The van der Waals surface area contributed by atoms with Gasteiger partial charge in [-0.3, -0.25) is 4.79 Å². The summed E-state index contributed by atoms with van der Waals surface area (Å²) in [5.74, 6) is -0.0122. The zero-order chi connectivity index (χ0) is 45.0. The van der Waals surface area contributed by atoms with Crippen LogP contribution < -0.4 is 0 Å². The Kier molecular flexibility index (Phi) is 24.3. The third kappa shape index (κ3) is 19.4. The third-order valence-corrected chi connectivity index (χ3v) is 25.4. The summed E-state index contributed by atoms with van der Waals surface area (Å²) in [7, 11) is -3.90. The minimum atomic E-state index is -1.96. The summed E-state index contributed by atoms with van der Waals surface area (Å²) in [5.41, 5.74) is 0. The molecule has 61 heavy (non-hydrogen) atoms. The SMILES string of the molecule is CCCCCCCCCCCC[C@@H](O[Si](C)(C)C(C)(C)C)[C@H]1CC[C@H]([C@H](CCCCCCCCCCCCC2(Sc3ccccc3)C[C@H](C)OC2=O)O[Si](C)(C)C(C)(C)C)O1. The number of carbonyl (C=O) groups is 1. The number of hydrogen-bond donors (Lipinski definition) is 0. The van der Waals surface area contributed by atoms with Gasteiger partial charge in [0.2, 0.25) is 0 Å². The van der Waals surface area contributed by atoms with Gasteiger partial charge < -0.3 is 18.3 Å². The molecular weight excluding hydrogens is 805 g/mol. The van der Waals surface area contributed by atoms with Crippen molar-refractivity contribution in [2.24, 2.45) is 0 Å². The van der Waals surface area contributed by atoms with Crippen LogP contribution in [-0.4, -0.2) is 57.9 Å². The fourth-order valence-corrected chi connectivity index (χ4v) is 13.1. The van der Waals surface area contributed by atoms with Crippen LogP contribution in [-0.2, 0) is 23.1 Å². The van der Waals surface area contributed by atoms with Gasteiger partial charge in [0.25, 0.3) is 0 Å². The zero-order valence-corrected chi connectivity index (χ0v) is 44.9. The van der Waals surface area contributed by atoms with Crippen molar-refractivity contribution in [3.05, 3.63) is 30.3 Å². The van der Waals surface area contributed by atoms with Gasteiger partial charge in [0.05, 0.1) is 24.4 Å². The molecule has 2 fully saturated rings. The predicted molar refractivity (Wildman–Crippen MR) is 269 cm³/mol. The molecule has 2 saturated heterocycles. The molecule has 0 spiro atoms. The van der Waals surface area contributed by atoms with Crippen molar-refractivity contribution >= 4 is 34.4 Å². The Morgan fingerprint density at radius 3 is 1.41 bits per heavy atom. The maximum Gasteiger partial charge on any atom is 0.322 e. The van der Waals surface area contributed by atoms with Crippen LogP contribution in [0.2, 0.25) is 36.3 Å². The first kappa shape index (κ1) is 54.7. The first-order valence-corrected chi connectivity index (χ1v) is 32.4. The number of cyclic esters (lactones) is 1. The predicted octanol–water partition coefficient (Wildman–Crippen LogP) is 17.2. The Bertz CT molecular complexity index is 1330. The lowest BCUT2D eigenvalue weighted by molar-refractivity contribution is -0.142. The van der Waals surface area contributed by atoms with Crippen molar-refractivity contribution in [2.75, 3.05) is 0 Å². The molecule has 8 heteroatoms. The topological polar surface area (TPSA) is 54.0 Å². The minimum absolute atomic E-state index is 0.0110. The lowest BCUT2D eigenvalue weighted by atomic mass is 9.96. The molecule has 6 atom stereocenters. The number of ether oxygens (including phenoxy) is 2. The monoisotopic (exact) mass is 903 g/mol. The number of benzene rings is 1. The number of unbranched alkanes of at least 4 members (excludes halogenated alkanes) is 18. The number of hydrogen-bond acceptors (Lipinski definition) is 6. The van der Waals surface area contributed by atoms with E-state index in [4.69, 9.17) is 18.3 Å². The Morgan fingerprint density at radius 2 is 1.03 bits per heavy atom. The van der Waals surface area contributed by atoms with Crippen LogP contribution in [0.15, 0.2) is 35.2 Å². The van der Waals surface area contributed by atoms with Gasteiger partial charge in [0.15, 0.2) is 16.6 Å². The Morgan fingerprint density at radius 1 is 0.639 bits per heavy atom. The second-order valence-corrected chi connectivity index (χ2v) is 33.5. The molecule has 0 aliphatic carbocycles. The van der Waals surface area contributed by atoms with Crippen LogP contribution in [0.4, 0.5) is 0 Å². The molecule has 1 aromatic rings. The van der Waals surface area contributed by atoms with E-state index in [9.17, 15) is 4.79 Å². The highest BCUT2D eigenvalue weighted by molar-refractivity contribution is 8.01. The average molecular weight is 904 g/mol. The summed E-state index contributed by atoms with van der Waals surface area (Å²) in [6, 6.07) is 10.4. The molecule has 0 N–H and O–H groups in total. The average Bonchev–Trinajstić information content (AvgIpc) is 3.78. The van der Waals surface area contributed by atoms with E-state index in [0.717, 1.165) is 44.9 Å². The summed E-state index contributed by atoms with van der Waals surface area (Å²) in [4.78, 5) is 14.1. The van der Waals surface area contributed by atoms with Crippen molar-refractivity contribution in [1.82, 2.24) is 0 Å². The van der Waals surface area contributed by atoms with Gasteiger partial charge in [0.1, 0.15) is 10.9 Å². The number of rotatable bonds is 32. The highest BCUT2D eigenvalue weighted by atomic mass is 32.2. The van der Waals surface area contributed by atoms with Crippen molar-refractivity contribution < 1.29 is 23.1 Å². The van der Waals surface area contributed by atoms with Crippen LogP contribution in [0, 0.1) is 0 Å². The molecule has 0 bridgehead atoms. The Labute approximate surface area is 384 Å². The van der Waals surface area contributed by atoms with Gasteiger partial charge in [-0.1, -0.05) is 195 Å². The van der Waals surface area contributed by atoms with Gasteiger partial charge in [-0.15, -0.1) is 11.8 Å². The molecule has 0 amide bonds. The summed E-state index contributed by atoms with van der Waals surface area (Å²) in [6.45, 7) is 28.3. The maximum atomic E-state index is 13.0. The Balaban J connectivity index is 1.43. The highest BCUT2D eigenvalue weighted by Crippen LogP contribution is 2.46. The third-order valence-electron chi connectivity index (χ3n) is 14.9. The van der Waals surface area contributed by atoms with E-state index in [2.05, 4.69) is 98.9 Å². The minimum Gasteiger partial charge on any atom is -0.462 e. The van der Waals surface area contributed by atoms with Gasteiger partial charge in [-0.25, -0.2) is 0 Å². The lowest BCUT2D eigenvalue weighted by Gasteiger charge is -2.42. The van der Waals surface area contributed by atoms with E-state index in [-0.39, 0.29) is 46.6 Å². The summed E-state index contributed by atoms with van der Waals surface area (Å²) in [6.07, 6.45) is 33.1. The summed E-state index contributed by atoms with van der Waals surface area (Å²) < 4.78 is 26.9. The van der Waals surface area contributed by atoms with E-state index >= 15 is 0 Å². The van der Waals surface area contributed by atoms with Crippen LogP contribution in [0.3, 0.4) is 0 Å². The van der Waals surface area contributed by atoms with E-state index in [1.165, 1.54) is 127 Å². The second-order valence-electron chi connectivity index (χ2n) is 22.5. The van der Waals surface area contributed by atoms with Crippen molar-refractivity contribution in [2.45, 2.75) is 299 Å². The molecule has 0 radical (unpaired) electrons. The number of esters is 1. The first-order chi connectivity index (χ1) is 28.8. The lowest BCUT2D eigenvalue weighted by Crippen LogP contribution is -2.48. The van der Waals surface area contributed by atoms with Crippen LogP contribution in [0.5, 0.6) is 0 Å². The van der Waals surface area contributed by atoms with Gasteiger partial charge >= 0.3 is 5.97 Å². The highest BCUT2D eigenvalue weighted by Gasteiger charge is 2.48. The smallest absolute Gasteiger partial charge is 0.322 e. The molecule has 1 unspecified atom stereocenters. The van der Waals surface area contributed by atoms with Crippen molar-refractivity contribution in [1.29, 1.82) is 0 Å². The van der Waals surface area contributed by atoms with Crippen LogP contribution >= 0.6 is 11.8 Å².